The van der Waals surface area contributed by atoms with E-state index in [1.807, 2.05) is 6.92 Å². The summed E-state index contributed by atoms with van der Waals surface area (Å²) < 4.78 is 69.3. The van der Waals surface area contributed by atoms with Crippen molar-refractivity contribution < 1.29 is 26.3 Å². The van der Waals surface area contributed by atoms with Gasteiger partial charge < -0.3 is 9.64 Å². The van der Waals surface area contributed by atoms with E-state index in [4.69, 9.17) is 0 Å². The van der Waals surface area contributed by atoms with Crippen molar-refractivity contribution in [3.8, 4) is 5.75 Å². The standard InChI is InChI=1S/C18H21F3N4O3S/c1-13-10-22-17(23-11-13)24(2)14-6-5-9-25(12-14)29(26,27)16-8-4-3-7-15(16)28-18(19,20)21/h3-4,7-8,10-11,14H,5-6,9,12H2,1-2H3. The zero-order valence-corrected chi connectivity index (χ0v) is 16.7. The molecule has 1 aliphatic rings. The van der Waals surface area contributed by atoms with E-state index in [9.17, 15) is 21.6 Å². The monoisotopic (exact) mass is 430 g/mol. The van der Waals surface area contributed by atoms with Gasteiger partial charge in [-0.25, -0.2) is 18.4 Å². The zero-order chi connectivity index (χ0) is 21.2. The molecule has 2 aromatic rings. The third-order valence-electron chi connectivity index (χ3n) is 4.68. The largest absolute Gasteiger partial charge is 0.573 e. The van der Waals surface area contributed by atoms with Gasteiger partial charge in [0.1, 0.15) is 10.6 Å². The first-order valence-corrected chi connectivity index (χ1v) is 10.4. The molecule has 2 heterocycles. The Morgan fingerprint density at radius 3 is 2.52 bits per heavy atom. The van der Waals surface area contributed by atoms with Crippen LogP contribution in [0.3, 0.4) is 0 Å². The third-order valence-corrected chi connectivity index (χ3v) is 6.59. The van der Waals surface area contributed by atoms with Crippen molar-refractivity contribution in [2.75, 3.05) is 25.0 Å². The highest BCUT2D eigenvalue weighted by Gasteiger charge is 2.37. The molecule has 0 radical (unpaired) electrons. The van der Waals surface area contributed by atoms with Crippen LogP contribution in [0.4, 0.5) is 19.1 Å². The van der Waals surface area contributed by atoms with E-state index >= 15 is 0 Å². The number of benzene rings is 1. The minimum absolute atomic E-state index is 0.108. The number of piperidine rings is 1. The molecule has 0 N–H and O–H groups in total. The fraction of sp³-hybridized carbons (Fsp3) is 0.444. The quantitative estimate of drug-likeness (QED) is 0.726. The molecule has 0 spiro atoms. The van der Waals surface area contributed by atoms with Crippen molar-refractivity contribution in [1.29, 1.82) is 0 Å². The van der Waals surface area contributed by atoms with E-state index in [1.165, 1.54) is 16.4 Å². The van der Waals surface area contributed by atoms with Crippen molar-refractivity contribution in [2.24, 2.45) is 0 Å². The molecular weight excluding hydrogens is 409 g/mol. The van der Waals surface area contributed by atoms with Gasteiger partial charge in [-0.15, -0.1) is 13.2 Å². The summed E-state index contributed by atoms with van der Waals surface area (Å²) in [6, 6.07) is 4.56. The predicted octanol–water partition coefficient (Wildman–Crippen LogP) is 2.97. The number of anilines is 1. The lowest BCUT2D eigenvalue weighted by atomic mass is 10.1. The number of rotatable bonds is 5. The average molecular weight is 430 g/mol. The number of aromatic nitrogens is 2. The molecule has 0 saturated carbocycles. The van der Waals surface area contributed by atoms with E-state index in [1.54, 1.807) is 24.3 Å². The minimum atomic E-state index is -4.99. The van der Waals surface area contributed by atoms with E-state index in [0.29, 0.717) is 18.8 Å². The van der Waals surface area contributed by atoms with Crippen LogP contribution in [-0.4, -0.2) is 55.2 Å². The van der Waals surface area contributed by atoms with Crippen LogP contribution in [0.1, 0.15) is 18.4 Å². The zero-order valence-electron chi connectivity index (χ0n) is 15.9. The van der Waals surface area contributed by atoms with Crippen LogP contribution < -0.4 is 9.64 Å². The smallest absolute Gasteiger partial charge is 0.404 e. The van der Waals surface area contributed by atoms with E-state index in [0.717, 1.165) is 17.7 Å². The molecule has 158 valence electrons. The van der Waals surface area contributed by atoms with E-state index in [2.05, 4.69) is 14.7 Å². The Labute approximate surface area is 167 Å². The van der Waals surface area contributed by atoms with Gasteiger partial charge >= 0.3 is 6.36 Å². The number of sulfonamides is 1. The number of aryl methyl sites for hydroxylation is 1. The van der Waals surface area contributed by atoms with Crippen LogP contribution >= 0.6 is 0 Å². The van der Waals surface area contributed by atoms with Crippen LogP contribution in [0.5, 0.6) is 5.75 Å². The van der Waals surface area contributed by atoms with Crippen LogP contribution in [0.15, 0.2) is 41.6 Å². The van der Waals surface area contributed by atoms with Gasteiger partial charge in [0, 0.05) is 38.6 Å². The van der Waals surface area contributed by atoms with Gasteiger partial charge in [-0.3, -0.25) is 0 Å². The summed E-state index contributed by atoms with van der Waals surface area (Å²) in [6.07, 6.45) is -0.385. The molecule has 1 aliphatic heterocycles. The molecule has 0 amide bonds. The molecule has 1 saturated heterocycles. The second-order valence-electron chi connectivity index (χ2n) is 6.82. The molecule has 11 heteroatoms. The number of nitrogens with zero attached hydrogens (tertiary/aromatic N) is 4. The maximum atomic E-state index is 13.1. The summed E-state index contributed by atoms with van der Waals surface area (Å²) in [7, 11) is -2.41. The van der Waals surface area contributed by atoms with Gasteiger partial charge in [-0.2, -0.15) is 4.31 Å². The third kappa shape index (κ3) is 4.96. The summed E-state index contributed by atoms with van der Waals surface area (Å²) in [4.78, 5) is 9.79. The van der Waals surface area contributed by atoms with Crippen molar-refractivity contribution in [1.82, 2.24) is 14.3 Å². The number of halogens is 3. The van der Waals surface area contributed by atoms with Gasteiger partial charge in [0.05, 0.1) is 0 Å². The lowest BCUT2D eigenvalue weighted by molar-refractivity contribution is -0.275. The highest BCUT2D eigenvalue weighted by atomic mass is 32.2. The second kappa shape index (κ2) is 8.15. The Kier molecular flexibility index (Phi) is 5.99. The van der Waals surface area contributed by atoms with Gasteiger partial charge in [-0.1, -0.05) is 12.1 Å². The lowest BCUT2D eigenvalue weighted by Gasteiger charge is -2.37. The van der Waals surface area contributed by atoms with Gasteiger partial charge in [0.25, 0.3) is 0 Å². The van der Waals surface area contributed by atoms with Gasteiger partial charge in [0.15, 0.2) is 0 Å². The first kappa shape index (κ1) is 21.3. The van der Waals surface area contributed by atoms with Gasteiger partial charge in [-0.05, 0) is 37.5 Å². The number of likely N-dealkylation sites (N-methyl/N-ethyl adjacent to an activating group) is 1. The van der Waals surface area contributed by atoms with Crippen LogP contribution in [0.25, 0.3) is 0 Å². The Bertz CT molecular complexity index is 952. The number of para-hydroxylation sites is 1. The maximum Gasteiger partial charge on any atom is 0.573 e. The maximum absolute atomic E-state index is 13.1. The molecule has 1 aromatic heterocycles. The number of ether oxygens (including phenoxy) is 1. The summed E-state index contributed by atoms with van der Waals surface area (Å²) in [6.45, 7) is 2.18. The Balaban J connectivity index is 1.84. The molecule has 0 aliphatic carbocycles. The molecule has 1 aromatic carbocycles. The minimum Gasteiger partial charge on any atom is -0.404 e. The predicted molar refractivity (Wildman–Crippen MR) is 100 cm³/mol. The first-order valence-electron chi connectivity index (χ1n) is 8.94. The van der Waals surface area contributed by atoms with Crippen LogP contribution in [0, 0.1) is 6.92 Å². The summed E-state index contributed by atoms with van der Waals surface area (Å²) in [5.74, 6) is -0.280. The topological polar surface area (TPSA) is 75.6 Å². The average Bonchev–Trinajstić information content (AvgIpc) is 2.67. The normalized spacial score (nSPS) is 18.4. The van der Waals surface area contributed by atoms with Crippen molar-refractivity contribution in [2.45, 2.75) is 37.1 Å². The van der Waals surface area contributed by atoms with Gasteiger partial charge in [0.2, 0.25) is 16.0 Å². The lowest BCUT2D eigenvalue weighted by Crippen LogP contribution is -2.49. The summed E-state index contributed by atoms with van der Waals surface area (Å²) >= 11 is 0. The fourth-order valence-electron chi connectivity index (χ4n) is 3.20. The van der Waals surface area contributed by atoms with Crippen molar-refractivity contribution in [3.05, 3.63) is 42.2 Å². The highest BCUT2D eigenvalue weighted by Crippen LogP contribution is 2.32. The Morgan fingerprint density at radius 1 is 1.21 bits per heavy atom. The molecular formula is C18H21F3N4O3S. The highest BCUT2D eigenvalue weighted by molar-refractivity contribution is 7.89. The van der Waals surface area contributed by atoms with Crippen LogP contribution in [0.2, 0.25) is 0 Å². The summed E-state index contributed by atoms with van der Waals surface area (Å²) in [5, 5.41) is 0. The molecule has 29 heavy (non-hydrogen) atoms. The molecule has 7 nitrogen and oxygen atoms in total. The van der Waals surface area contributed by atoms with Crippen LogP contribution in [-0.2, 0) is 10.0 Å². The molecule has 1 atom stereocenters. The fourth-order valence-corrected chi connectivity index (χ4v) is 4.83. The SMILES string of the molecule is Cc1cnc(N(C)C2CCCN(S(=O)(=O)c3ccccc3OC(F)(F)F)C2)nc1. The van der Waals surface area contributed by atoms with E-state index < -0.39 is 27.0 Å². The number of hydrogen-bond acceptors (Lipinski definition) is 6. The Morgan fingerprint density at radius 2 is 1.86 bits per heavy atom. The summed E-state index contributed by atoms with van der Waals surface area (Å²) in [5.41, 5.74) is 0.899. The first-order chi connectivity index (χ1) is 13.6. The molecule has 0 bridgehead atoms. The molecule has 1 fully saturated rings. The Hall–Kier alpha value is -2.40. The van der Waals surface area contributed by atoms with Crippen molar-refractivity contribution in [3.63, 3.8) is 0 Å². The van der Waals surface area contributed by atoms with E-state index in [-0.39, 0.29) is 19.1 Å². The number of alkyl halides is 3. The molecule has 3 rings (SSSR count). The van der Waals surface area contributed by atoms with Crippen molar-refractivity contribution >= 4 is 16.0 Å². The number of hydrogen-bond donors (Lipinski definition) is 0. The molecule has 1 unspecified atom stereocenters. The second-order valence-corrected chi connectivity index (χ2v) is 8.73.